The molecule has 1 amide bonds. The van der Waals surface area contributed by atoms with Gasteiger partial charge in [-0.15, -0.1) is 12.4 Å². The number of hydrogen-bond donors (Lipinski definition) is 2. The van der Waals surface area contributed by atoms with Crippen LogP contribution < -0.4 is 5.32 Å². The van der Waals surface area contributed by atoms with Crippen molar-refractivity contribution in [1.29, 1.82) is 0 Å². The summed E-state index contributed by atoms with van der Waals surface area (Å²) in [4.78, 5) is 15.7. The second kappa shape index (κ2) is 7.11. The predicted molar refractivity (Wildman–Crippen MR) is 87.2 cm³/mol. The quantitative estimate of drug-likeness (QED) is 0.821. The van der Waals surface area contributed by atoms with E-state index in [1.165, 1.54) is 6.07 Å². The number of nitrogens with one attached hydrogen (secondary N) is 1. The molecule has 1 aromatic carbocycles. The van der Waals surface area contributed by atoms with Crippen LogP contribution in [0.1, 0.15) is 5.56 Å². The molecule has 0 aliphatic carbocycles. The number of carbonyl (C=O) groups is 1. The molecule has 2 rings (SSSR count). The first kappa shape index (κ1) is 17.8. The molecular formula is C13H16Cl3N3O2. The summed E-state index contributed by atoms with van der Waals surface area (Å²) in [7, 11) is 1.92. The summed E-state index contributed by atoms with van der Waals surface area (Å²) in [5, 5.41) is 13.1. The zero-order valence-electron chi connectivity index (χ0n) is 11.6. The lowest BCUT2D eigenvalue weighted by Gasteiger charge is -2.18. The Hall–Kier alpha value is -1.30. The SMILES string of the molecule is Cc1c(Cl)cc(NC(=O)CN2C=CN(C)C2)c(O)c1Cl.Cl. The van der Waals surface area contributed by atoms with Crippen molar-refractivity contribution in [3.8, 4) is 5.75 Å². The molecule has 2 N–H and O–H groups in total. The summed E-state index contributed by atoms with van der Waals surface area (Å²) in [5.74, 6) is -0.424. The molecule has 0 spiro atoms. The van der Waals surface area contributed by atoms with Crippen molar-refractivity contribution in [2.75, 3.05) is 25.6 Å². The number of benzene rings is 1. The molecule has 1 aliphatic heterocycles. The molecule has 8 heteroatoms. The number of rotatable bonds is 3. The Labute approximate surface area is 139 Å². The van der Waals surface area contributed by atoms with Crippen molar-refractivity contribution < 1.29 is 9.90 Å². The zero-order chi connectivity index (χ0) is 14.9. The van der Waals surface area contributed by atoms with E-state index < -0.39 is 0 Å². The molecule has 0 bridgehead atoms. The van der Waals surface area contributed by atoms with Crippen LogP contribution in [-0.2, 0) is 4.79 Å². The number of phenols is 1. The van der Waals surface area contributed by atoms with Gasteiger partial charge in [0.15, 0.2) is 5.75 Å². The fraction of sp³-hybridized carbons (Fsp3) is 0.308. The number of aromatic hydroxyl groups is 1. The summed E-state index contributed by atoms with van der Waals surface area (Å²) in [6, 6.07) is 1.49. The van der Waals surface area contributed by atoms with Gasteiger partial charge in [0.1, 0.15) is 0 Å². The average Bonchev–Trinajstić information content (AvgIpc) is 2.78. The van der Waals surface area contributed by atoms with Crippen molar-refractivity contribution in [3.63, 3.8) is 0 Å². The van der Waals surface area contributed by atoms with Crippen LogP contribution in [0, 0.1) is 6.92 Å². The lowest BCUT2D eigenvalue weighted by atomic mass is 10.2. The van der Waals surface area contributed by atoms with E-state index in [9.17, 15) is 9.90 Å². The largest absolute Gasteiger partial charge is 0.504 e. The van der Waals surface area contributed by atoms with Gasteiger partial charge in [0.2, 0.25) is 5.91 Å². The second-order valence-corrected chi connectivity index (χ2v) is 5.47. The van der Waals surface area contributed by atoms with Gasteiger partial charge >= 0.3 is 0 Å². The van der Waals surface area contributed by atoms with Crippen LogP contribution in [0.25, 0.3) is 0 Å². The van der Waals surface area contributed by atoms with Crippen LogP contribution in [0.15, 0.2) is 18.5 Å². The summed E-state index contributed by atoms with van der Waals surface area (Å²) in [5.41, 5.74) is 0.792. The minimum absolute atomic E-state index is 0. The van der Waals surface area contributed by atoms with Crippen molar-refractivity contribution in [3.05, 3.63) is 34.1 Å². The Kier molecular flexibility index (Phi) is 6.01. The predicted octanol–water partition coefficient (Wildman–Crippen LogP) is 3.04. The maximum atomic E-state index is 11.9. The van der Waals surface area contributed by atoms with Crippen molar-refractivity contribution >= 4 is 47.2 Å². The number of phenolic OH excluding ortho intramolecular Hbond substituents is 1. The highest BCUT2D eigenvalue weighted by atomic mass is 35.5. The van der Waals surface area contributed by atoms with Crippen LogP contribution in [0.2, 0.25) is 10.0 Å². The maximum Gasteiger partial charge on any atom is 0.244 e. The Bertz CT molecular complexity index is 578. The highest BCUT2D eigenvalue weighted by Crippen LogP contribution is 2.38. The fourth-order valence-corrected chi connectivity index (χ4v) is 2.32. The van der Waals surface area contributed by atoms with Gasteiger partial charge in [-0.1, -0.05) is 23.2 Å². The first-order valence-electron chi connectivity index (χ1n) is 5.98. The molecule has 0 saturated carbocycles. The second-order valence-electron chi connectivity index (χ2n) is 4.69. The molecule has 116 valence electrons. The van der Waals surface area contributed by atoms with Gasteiger partial charge < -0.3 is 20.2 Å². The van der Waals surface area contributed by atoms with Gasteiger partial charge in [0.25, 0.3) is 0 Å². The number of hydrogen-bond acceptors (Lipinski definition) is 4. The lowest BCUT2D eigenvalue weighted by molar-refractivity contribution is -0.116. The first-order valence-corrected chi connectivity index (χ1v) is 6.74. The summed E-state index contributed by atoms with van der Waals surface area (Å²) >= 11 is 11.9. The zero-order valence-corrected chi connectivity index (χ0v) is 13.9. The van der Waals surface area contributed by atoms with Crippen LogP contribution in [0.3, 0.4) is 0 Å². The van der Waals surface area contributed by atoms with E-state index >= 15 is 0 Å². The molecule has 0 aromatic heterocycles. The Balaban J connectivity index is 0.00000220. The number of nitrogens with zero attached hydrogens (tertiary/aromatic N) is 2. The smallest absolute Gasteiger partial charge is 0.244 e. The van der Waals surface area contributed by atoms with Gasteiger partial charge in [-0.05, 0) is 18.6 Å². The van der Waals surface area contributed by atoms with Crippen molar-refractivity contribution in [1.82, 2.24) is 9.80 Å². The molecule has 0 unspecified atom stereocenters. The van der Waals surface area contributed by atoms with Crippen molar-refractivity contribution in [2.24, 2.45) is 0 Å². The van der Waals surface area contributed by atoms with Gasteiger partial charge in [0, 0.05) is 24.5 Å². The highest BCUT2D eigenvalue weighted by Gasteiger charge is 2.17. The molecule has 0 atom stereocenters. The van der Waals surface area contributed by atoms with E-state index in [4.69, 9.17) is 23.2 Å². The van der Waals surface area contributed by atoms with Gasteiger partial charge in [0.05, 0.1) is 23.9 Å². The third kappa shape index (κ3) is 4.09. The van der Waals surface area contributed by atoms with Crippen LogP contribution in [0.5, 0.6) is 5.75 Å². The molecule has 1 aromatic rings. The third-order valence-corrected chi connectivity index (χ3v) is 3.83. The fourth-order valence-electron chi connectivity index (χ4n) is 1.87. The number of carbonyl (C=O) groups excluding carboxylic acids is 1. The number of halogens is 3. The Morgan fingerprint density at radius 2 is 2.10 bits per heavy atom. The van der Waals surface area contributed by atoms with Gasteiger partial charge in [-0.2, -0.15) is 0 Å². The normalized spacial score (nSPS) is 13.3. The molecule has 1 heterocycles. The lowest BCUT2D eigenvalue weighted by Crippen LogP contribution is -2.31. The van der Waals surface area contributed by atoms with E-state index in [1.54, 1.807) is 6.92 Å². The maximum absolute atomic E-state index is 11.9. The molecule has 1 aliphatic rings. The van der Waals surface area contributed by atoms with E-state index in [0.29, 0.717) is 17.3 Å². The topological polar surface area (TPSA) is 55.8 Å². The minimum Gasteiger partial charge on any atom is -0.504 e. The standard InChI is InChI=1S/C13H15Cl2N3O2.ClH/c1-8-9(14)5-10(13(20)12(8)15)16-11(19)6-18-4-3-17(2)7-18;/h3-5,20H,6-7H2,1-2H3,(H,16,19);1H. The van der Waals surface area contributed by atoms with Crippen molar-refractivity contribution in [2.45, 2.75) is 6.92 Å². The Morgan fingerprint density at radius 1 is 1.43 bits per heavy atom. The van der Waals surface area contributed by atoms with Crippen LogP contribution in [-0.4, -0.2) is 41.1 Å². The third-order valence-electron chi connectivity index (χ3n) is 2.98. The number of anilines is 1. The summed E-state index contributed by atoms with van der Waals surface area (Å²) in [6.45, 7) is 2.53. The van der Waals surface area contributed by atoms with E-state index in [1.807, 2.05) is 29.2 Å². The average molecular weight is 353 g/mol. The molecule has 0 saturated heterocycles. The first-order chi connectivity index (χ1) is 9.38. The summed E-state index contributed by atoms with van der Waals surface area (Å²) in [6.07, 6.45) is 3.71. The molecule has 21 heavy (non-hydrogen) atoms. The monoisotopic (exact) mass is 351 g/mol. The minimum atomic E-state index is -0.253. The van der Waals surface area contributed by atoms with Gasteiger partial charge in [-0.25, -0.2) is 0 Å². The Morgan fingerprint density at radius 3 is 2.67 bits per heavy atom. The molecule has 5 nitrogen and oxygen atoms in total. The summed E-state index contributed by atoms with van der Waals surface area (Å²) < 4.78 is 0. The van der Waals surface area contributed by atoms with E-state index in [0.717, 1.165) is 0 Å². The van der Waals surface area contributed by atoms with Crippen LogP contribution in [0.4, 0.5) is 5.69 Å². The molecular weight excluding hydrogens is 337 g/mol. The highest BCUT2D eigenvalue weighted by molar-refractivity contribution is 6.37. The van der Waals surface area contributed by atoms with E-state index in [2.05, 4.69) is 5.32 Å². The molecule has 0 fully saturated rings. The molecule has 0 radical (unpaired) electrons. The van der Waals surface area contributed by atoms with E-state index in [-0.39, 0.29) is 41.3 Å². The van der Waals surface area contributed by atoms with Gasteiger partial charge in [-0.3, -0.25) is 4.79 Å². The van der Waals surface area contributed by atoms with Crippen LogP contribution >= 0.6 is 35.6 Å². The number of amides is 1.